The largest absolute Gasteiger partial charge is 0.504 e. The monoisotopic (exact) mass is 224 g/mol. The number of methoxy groups -OCH3 is 2. The maximum absolute atomic E-state index is 9.93. The molecule has 0 aliphatic rings. The van der Waals surface area contributed by atoms with Gasteiger partial charge in [0, 0.05) is 11.6 Å². The van der Waals surface area contributed by atoms with E-state index < -0.39 is 0 Å². The van der Waals surface area contributed by atoms with E-state index in [1.165, 1.54) is 12.8 Å². The number of hydrogen-bond donors (Lipinski definition) is 1. The summed E-state index contributed by atoms with van der Waals surface area (Å²) in [5, 5.41) is 9.93. The number of rotatable bonds is 6. The van der Waals surface area contributed by atoms with Crippen molar-refractivity contribution in [3.05, 3.63) is 17.7 Å². The fraction of sp³-hybridized carbons (Fsp3) is 0.538. The van der Waals surface area contributed by atoms with E-state index in [9.17, 15) is 5.11 Å². The zero-order chi connectivity index (χ0) is 12.0. The summed E-state index contributed by atoms with van der Waals surface area (Å²) in [6.07, 6.45) is 4.26. The molecule has 3 nitrogen and oxygen atoms in total. The molecule has 1 aromatic carbocycles. The summed E-state index contributed by atoms with van der Waals surface area (Å²) in [5.74, 6) is 1.44. The highest BCUT2D eigenvalue weighted by Crippen LogP contribution is 2.35. The van der Waals surface area contributed by atoms with Crippen LogP contribution in [0.4, 0.5) is 0 Å². The van der Waals surface area contributed by atoms with Crippen LogP contribution in [0.25, 0.3) is 0 Å². The van der Waals surface area contributed by atoms with Crippen molar-refractivity contribution in [1.29, 1.82) is 0 Å². The van der Waals surface area contributed by atoms with E-state index in [-0.39, 0.29) is 5.75 Å². The third-order valence-corrected chi connectivity index (χ3v) is 2.63. The van der Waals surface area contributed by atoms with E-state index >= 15 is 0 Å². The van der Waals surface area contributed by atoms with Gasteiger partial charge >= 0.3 is 0 Å². The first-order valence-electron chi connectivity index (χ1n) is 5.66. The Bertz CT molecular complexity index is 334. The lowest BCUT2D eigenvalue weighted by Crippen LogP contribution is -1.93. The van der Waals surface area contributed by atoms with Crippen molar-refractivity contribution in [3.8, 4) is 17.2 Å². The van der Waals surface area contributed by atoms with Crippen LogP contribution in [0.2, 0.25) is 0 Å². The molecule has 0 radical (unpaired) electrons. The third-order valence-electron chi connectivity index (χ3n) is 2.63. The van der Waals surface area contributed by atoms with Gasteiger partial charge in [0.05, 0.1) is 14.2 Å². The van der Waals surface area contributed by atoms with Gasteiger partial charge in [0.1, 0.15) is 5.75 Å². The predicted molar refractivity (Wildman–Crippen MR) is 64.4 cm³/mol. The molecule has 0 fully saturated rings. The summed E-state index contributed by atoms with van der Waals surface area (Å²) in [7, 11) is 3.16. The van der Waals surface area contributed by atoms with Gasteiger partial charge in [0.15, 0.2) is 11.5 Å². The lowest BCUT2D eigenvalue weighted by atomic mass is 10.1. The Balaban J connectivity index is 2.88. The maximum Gasteiger partial charge on any atom is 0.164 e. The Morgan fingerprint density at radius 3 is 2.44 bits per heavy atom. The molecule has 1 N–H and O–H groups in total. The molecular formula is C13H20O3. The molecule has 0 amide bonds. The van der Waals surface area contributed by atoms with Crippen molar-refractivity contribution in [2.75, 3.05) is 14.2 Å². The molecule has 0 atom stereocenters. The Kier molecular flexibility index (Phi) is 4.96. The number of benzene rings is 1. The average molecular weight is 224 g/mol. The van der Waals surface area contributed by atoms with Crippen LogP contribution in [0.15, 0.2) is 12.1 Å². The number of aromatic hydroxyl groups is 1. The van der Waals surface area contributed by atoms with Crippen molar-refractivity contribution in [3.63, 3.8) is 0 Å². The fourth-order valence-electron chi connectivity index (χ4n) is 1.67. The van der Waals surface area contributed by atoms with E-state index in [0.717, 1.165) is 24.2 Å². The molecule has 0 spiro atoms. The molecular weight excluding hydrogens is 204 g/mol. The molecule has 0 aliphatic heterocycles. The minimum absolute atomic E-state index is 0.236. The zero-order valence-electron chi connectivity index (χ0n) is 10.2. The maximum atomic E-state index is 9.93. The Morgan fingerprint density at radius 2 is 1.88 bits per heavy atom. The topological polar surface area (TPSA) is 38.7 Å². The quantitative estimate of drug-likeness (QED) is 0.754. The summed E-state index contributed by atoms with van der Waals surface area (Å²) in [5.41, 5.74) is 0.893. The van der Waals surface area contributed by atoms with E-state index in [0.29, 0.717) is 5.75 Å². The molecule has 0 aromatic heterocycles. The van der Waals surface area contributed by atoms with Gasteiger partial charge in [-0.1, -0.05) is 19.8 Å². The molecule has 1 rings (SSSR count). The summed E-state index contributed by atoms with van der Waals surface area (Å²) in [4.78, 5) is 0. The number of unbranched alkanes of at least 4 members (excludes halogenated alkanes) is 2. The second-order valence-corrected chi connectivity index (χ2v) is 3.79. The second kappa shape index (κ2) is 6.26. The normalized spacial score (nSPS) is 10.2. The lowest BCUT2D eigenvalue weighted by molar-refractivity contribution is 0.361. The van der Waals surface area contributed by atoms with Crippen molar-refractivity contribution in [1.82, 2.24) is 0 Å². The molecule has 1 aromatic rings. The molecule has 0 aliphatic carbocycles. The predicted octanol–water partition coefficient (Wildman–Crippen LogP) is 3.14. The summed E-state index contributed by atoms with van der Waals surface area (Å²) in [6.45, 7) is 2.16. The van der Waals surface area contributed by atoms with Crippen molar-refractivity contribution < 1.29 is 14.6 Å². The Morgan fingerprint density at radius 1 is 1.12 bits per heavy atom. The van der Waals surface area contributed by atoms with Crippen LogP contribution < -0.4 is 9.47 Å². The minimum atomic E-state index is 0.236. The van der Waals surface area contributed by atoms with Gasteiger partial charge in [-0.05, 0) is 18.9 Å². The fourth-order valence-corrected chi connectivity index (χ4v) is 1.67. The highest BCUT2D eigenvalue weighted by molar-refractivity contribution is 5.50. The van der Waals surface area contributed by atoms with Crippen LogP contribution in [-0.4, -0.2) is 19.3 Å². The van der Waals surface area contributed by atoms with E-state index in [4.69, 9.17) is 9.47 Å². The van der Waals surface area contributed by atoms with Crippen LogP contribution in [0.3, 0.4) is 0 Å². The number of ether oxygens (including phenoxy) is 2. The van der Waals surface area contributed by atoms with Gasteiger partial charge < -0.3 is 14.6 Å². The van der Waals surface area contributed by atoms with Crippen LogP contribution >= 0.6 is 0 Å². The summed E-state index contributed by atoms with van der Waals surface area (Å²) in [6, 6.07) is 3.56. The number of phenols is 1. The Labute approximate surface area is 97.0 Å². The van der Waals surface area contributed by atoms with E-state index in [2.05, 4.69) is 6.92 Å². The van der Waals surface area contributed by atoms with Crippen molar-refractivity contribution >= 4 is 0 Å². The SMILES string of the molecule is CCCCCc1cc(OC)cc(OC)c1O. The van der Waals surface area contributed by atoms with E-state index in [1.54, 1.807) is 20.3 Å². The molecule has 3 heteroatoms. The molecule has 0 bridgehead atoms. The molecule has 90 valence electrons. The van der Waals surface area contributed by atoms with E-state index in [1.807, 2.05) is 6.07 Å². The smallest absolute Gasteiger partial charge is 0.164 e. The Hall–Kier alpha value is -1.38. The number of hydrogen-bond acceptors (Lipinski definition) is 3. The first-order valence-corrected chi connectivity index (χ1v) is 5.66. The van der Waals surface area contributed by atoms with Gasteiger partial charge in [-0.15, -0.1) is 0 Å². The van der Waals surface area contributed by atoms with Gasteiger partial charge in [-0.2, -0.15) is 0 Å². The van der Waals surface area contributed by atoms with Crippen LogP contribution in [0.1, 0.15) is 31.7 Å². The summed E-state index contributed by atoms with van der Waals surface area (Å²) < 4.78 is 10.3. The highest BCUT2D eigenvalue weighted by atomic mass is 16.5. The first kappa shape index (κ1) is 12.7. The zero-order valence-corrected chi connectivity index (χ0v) is 10.2. The second-order valence-electron chi connectivity index (χ2n) is 3.79. The molecule has 0 saturated heterocycles. The number of aryl methyl sites for hydroxylation is 1. The standard InChI is InChI=1S/C13H20O3/c1-4-5-6-7-10-8-11(15-2)9-12(16-3)13(10)14/h8-9,14H,4-7H2,1-3H3. The highest BCUT2D eigenvalue weighted by Gasteiger charge is 2.10. The number of phenolic OH excluding ortho intramolecular Hbond substituents is 1. The summed E-state index contributed by atoms with van der Waals surface area (Å²) >= 11 is 0. The molecule has 16 heavy (non-hydrogen) atoms. The average Bonchev–Trinajstić information content (AvgIpc) is 2.31. The van der Waals surface area contributed by atoms with Gasteiger partial charge in [-0.3, -0.25) is 0 Å². The minimum Gasteiger partial charge on any atom is -0.504 e. The van der Waals surface area contributed by atoms with Crippen molar-refractivity contribution in [2.24, 2.45) is 0 Å². The molecule has 0 unspecified atom stereocenters. The van der Waals surface area contributed by atoms with Crippen LogP contribution in [-0.2, 0) is 6.42 Å². The van der Waals surface area contributed by atoms with Crippen LogP contribution in [0.5, 0.6) is 17.2 Å². The van der Waals surface area contributed by atoms with Gasteiger partial charge in [-0.25, -0.2) is 0 Å². The third kappa shape index (κ3) is 3.05. The van der Waals surface area contributed by atoms with Crippen molar-refractivity contribution in [2.45, 2.75) is 32.6 Å². The first-order chi connectivity index (χ1) is 7.72. The lowest BCUT2D eigenvalue weighted by Gasteiger charge is -2.11. The van der Waals surface area contributed by atoms with Gasteiger partial charge in [0.2, 0.25) is 0 Å². The van der Waals surface area contributed by atoms with Gasteiger partial charge in [0.25, 0.3) is 0 Å². The van der Waals surface area contributed by atoms with Crippen LogP contribution in [0, 0.1) is 0 Å². The molecule has 0 saturated carbocycles. The molecule has 0 heterocycles.